The predicted octanol–water partition coefficient (Wildman–Crippen LogP) is 7.14. The van der Waals surface area contributed by atoms with Gasteiger partial charge in [-0.3, -0.25) is 19.8 Å². The summed E-state index contributed by atoms with van der Waals surface area (Å²) in [7, 11) is 1.82. The number of nitrogens with zero attached hydrogens (tertiary/aromatic N) is 6. The van der Waals surface area contributed by atoms with Crippen LogP contribution in [0.15, 0.2) is 76.2 Å². The lowest BCUT2D eigenvalue weighted by molar-refractivity contribution is -0.248. The molecule has 5 fully saturated rings. The second kappa shape index (κ2) is 14.7. The minimum Gasteiger partial charge on any atom is -0.480 e. The Labute approximate surface area is 343 Å². The molecule has 14 nitrogen and oxygen atoms in total. The first-order chi connectivity index (χ1) is 27.5. The predicted molar refractivity (Wildman–Crippen MR) is 226 cm³/mol. The third-order valence-electron chi connectivity index (χ3n) is 13.0. The van der Waals surface area contributed by atoms with E-state index < -0.39 is 11.9 Å². The van der Waals surface area contributed by atoms with Gasteiger partial charge in [-0.2, -0.15) is 5.10 Å². The molecule has 1 aromatic carbocycles. The highest BCUT2D eigenvalue weighted by Crippen LogP contribution is 2.72. The molecule has 15 heteroatoms. The van der Waals surface area contributed by atoms with Crippen molar-refractivity contribution in [3.8, 4) is 0 Å². The number of aliphatic imine (C=N–C) groups is 1. The number of nitrogens with two attached hydrogens (primary N) is 1. The first-order valence-electron chi connectivity index (χ1n) is 20.1. The lowest BCUT2D eigenvalue weighted by atomic mass is 9.39. The summed E-state index contributed by atoms with van der Waals surface area (Å²) in [4.78, 5) is 24.1. The summed E-state index contributed by atoms with van der Waals surface area (Å²) in [5.41, 5.74) is 11.3. The van der Waals surface area contributed by atoms with Gasteiger partial charge in [0.2, 0.25) is 5.13 Å². The lowest BCUT2D eigenvalue weighted by Crippen LogP contribution is -2.64. The summed E-state index contributed by atoms with van der Waals surface area (Å²) in [5.74, 6) is -0.547. The topological polar surface area (TPSA) is 198 Å². The number of piperidine rings is 1. The van der Waals surface area contributed by atoms with Gasteiger partial charge in [0.05, 0.1) is 35.2 Å². The zero-order chi connectivity index (χ0) is 41.2. The third-order valence-corrected chi connectivity index (χ3v) is 13.9. The van der Waals surface area contributed by atoms with Crippen LogP contribution in [0.25, 0.3) is 15.8 Å². The molecule has 0 spiro atoms. The second-order valence-electron chi connectivity index (χ2n) is 18.3. The molecule has 4 saturated carbocycles. The molecule has 2 aliphatic heterocycles. The van der Waals surface area contributed by atoms with E-state index >= 15 is 0 Å². The van der Waals surface area contributed by atoms with Gasteiger partial charge < -0.3 is 36.0 Å². The molecule has 58 heavy (non-hydrogen) atoms. The number of ether oxygens (including phenoxy) is 1. The number of likely N-dealkylation sites (N-methyl/N-ethyl adjacent to an activating group) is 1. The number of likely N-dealkylation sites (tertiary alicyclic amines) is 1. The number of aromatic nitrogens is 3. The number of carbonyl (C=O) groups is 1. The van der Waals surface area contributed by atoms with E-state index in [2.05, 4.69) is 33.8 Å². The van der Waals surface area contributed by atoms with Gasteiger partial charge >= 0.3 is 5.97 Å². The van der Waals surface area contributed by atoms with Gasteiger partial charge in [0.1, 0.15) is 23.2 Å². The average Bonchev–Trinajstić information content (AvgIpc) is 3.70. The van der Waals surface area contributed by atoms with Crippen LogP contribution in [0, 0.1) is 28.6 Å². The van der Waals surface area contributed by atoms with Crippen molar-refractivity contribution in [3.05, 3.63) is 82.5 Å². The highest BCUT2D eigenvalue weighted by Gasteiger charge is 2.66. The number of aliphatic hydroxyl groups is 2. The number of hydrogen-bond donors (Lipinski definition) is 6. The maximum Gasteiger partial charge on any atom is 0.317 e. The van der Waals surface area contributed by atoms with E-state index in [1.807, 2.05) is 62.2 Å². The molecule has 0 radical (unpaired) electrons. The summed E-state index contributed by atoms with van der Waals surface area (Å²) in [5, 5.41) is 48.5. The van der Waals surface area contributed by atoms with Crippen molar-refractivity contribution in [3.63, 3.8) is 0 Å². The summed E-state index contributed by atoms with van der Waals surface area (Å²) in [6.07, 6.45) is 13.3. The molecule has 6 aliphatic rings. The molecule has 308 valence electrons. The fourth-order valence-electron chi connectivity index (χ4n) is 11.8. The normalized spacial score (nSPS) is 29.2. The Bertz CT molecular complexity index is 2280. The van der Waals surface area contributed by atoms with Crippen molar-refractivity contribution < 1.29 is 24.9 Å². The highest BCUT2D eigenvalue weighted by molar-refractivity contribution is 7.22. The number of dihydropyridines is 1. The van der Waals surface area contributed by atoms with Crippen molar-refractivity contribution in [1.29, 1.82) is 5.41 Å². The zero-order valence-electron chi connectivity index (χ0n) is 34.1. The Kier molecular flexibility index (Phi) is 10.1. The van der Waals surface area contributed by atoms with Crippen LogP contribution < -0.4 is 11.1 Å². The quantitative estimate of drug-likeness (QED) is 0.0618. The van der Waals surface area contributed by atoms with Gasteiger partial charge in [-0.25, -0.2) is 9.98 Å². The van der Waals surface area contributed by atoms with Crippen LogP contribution in [0.5, 0.6) is 0 Å². The molecule has 2 aromatic heterocycles. The number of carboxylic acid groups (broad SMARTS) is 1. The number of aliphatic carboxylic acids is 1. The number of carboxylic acids is 1. The first kappa shape index (κ1) is 39.8. The molecule has 1 saturated heterocycles. The van der Waals surface area contributed by atoms with Crippen molar-refractivity contribution in [2.45, 2.75) is 91.2 Å². The molecule has 2 unspecified atom stereocenters. The van der Waals surface area contributed by atoms with Crippen molar-refractivity contribution in [2.75, 3.05) is 33.3 Å². The summed E-state index contributed by atoms with van der Waals surface area (Å²) in [6, 6.07) is 7.85. The maximum absolute atomic E-state index is 11.2. The van der Waals surface area contributed by atoms with Crippen LogP contribution in [0.1, 0.15) is 83.4 Å². The minimum atomic E-state index is -0.846. The van der Waals surface area contributed by atoms with Gasteiger partial charge in [0.25, 0.3) is 5.95 Å². The Morgan fingerprint density at radius 1 is 1.10 bits per heavy atom. The number of thiazole rings is 1. The molecule has 9 rings (SSSR count). The smallest absolute Gasteiger partial charge is 0.317 e. The monoisotopic (exact) mass is 809 g/mol. The largest absolute Gasteiger partial charge is 0.480 e. The average molecular weight is 810 g/mol. The Balaban J connectivity index is 1.02. The number of allylic oxidation sites excluding steroid dienone is 3. The first-order valence-corrected chi connectivity index (χ1v) is 20.9. The number of rotatable bonds is 12. The summed E-state index contributed by atoms with van der Waals surface area (Å²) < 4.78 is 9.91. The minimum absolute atomic E-state index is 0.0110. The Hall–Kier alpha value is -4.99. The number of amidine groups is 2. The van der Waals surface area contributed by atoms with Crippen molar-refractivity contribution >= 4 is 49.9 Å². The van der Waals surface area contributed by atoms with Gasteiger partial charge in [-0.15, -0.1) is 0 Å². The van der Waals surface area contributed by atoms with E-state index in [1.54, 1.807) is 11.1 Å². The van der Waals surface area contributed by atoms with E-state index in [0.29, 0.717) is 54.1 Å². The number of aliphatic hydroxyl groups excluding tert-OH is 1. The highest BCUT2D eigenvalue weighted by atomic mass is 32.1. The fraction of sp³-hybridized carbons (Fsp3) is 0.512. The fourth-order valence-corrected chi connectivity index (χ4v) is 12.6. The van der Waals surface area contributed by atoms with E-state index in [-0.39, 0.29) is 39.9 Å². The number of para-hydroxylation sites is 1. The van der Waals surface area contributed by atoms with Crippen molar-refractivity contribution in [1.82, 2.24) is 29.9 Å². The number of fused-ring (bicyclic) bond motifs is 1. The van der Waals surface area contributed by atoms with Crippen LogP contribution in [-0.4, -0.2) is 96.4 Å². The van der Waals surface area contributed by atoms with Gasteiger partial charge in [0, 0.05) is 42.0 Å². The van der Waals surface area contributed by atoms with Crippen LogP contribution in [-0.2, 0) is 16.1 Å². The van der Waals surface area contributed by atoms with Crippen LogP contribution in [0.4, 0.5) is 5.13 Å². The van der Waals surface area contributed by atoms with E-state index in [4.69, 9.17) is 15.6 Å². The molecule has 4 aliphatic carbocycles. The molecule has 0 amide bonds. The Morgan fingerprint density at radius 3 is 2.55 bits per heavy atom. The van der Waals surface area contributed by atoms with E-state index in [1.165, 1.54) is 17.8 Å². The molecule has 4 heterocycles. The van der Waals surface area contributed by atoms with Gasteiger partial charge in [-0.1, -0.05) is 37.3 Å². The number of benzene rings is 1. The molecule has 4 bridgehead atoms. The summed E-state index contributed by atoms with van der Waals surface area (Å²) >= 11 is 1.47. The number of nitrogens with one attached hydrogen (secondary N) is 2. The third kappa shape index (κ3) is 7.55. The van der Waals surface area contributed by atoms with Crippen LogP contribution in [0.3, 0.4) is 0 Å². The summed E-state index contributed by atoms with van der Waals surface area (Å²) in [6.45, 7) is 11.1. The van der Waals surface area contributed by atoms with E-state index in [0.717, 1.165) is 72.1 Å². The molecule has 2 atom stereocenters. The molecular weight excluding hydrogens is 755 g/mol. The van der Waals surface area contributed by atoms with Gasteiger partial charge in [0.15, 0.2) is 0 Å². The van der Waals surface area contributed by atoms with Crippen LogP contribution >= 0.6 is 11.3 Å². The van der Waals surface area contributed by atoms with Crippen molar-refractivity contribution in [2.24, 2.45) is 27.0 Å². The second-order valence-corrected chi connectivity index (χ2v) is 19.3. The lowest BCUT2D eigenvalue weighted by Gasteiger charge is -2.69. The standard InChI is InChI=1S/C43H55N9O5S/c1-26(36(44)49-39-47-31-10-6-7-11-32(31)58-39)28-9-8-14-51(37(28)45)33-13-12-29(35(48-33)38(55)56)30-17-46-52(27(30)2)25-42-20-40(3)19-41(4,21-42)23-43(22-40,24-42)57-16-15-50(5)18-34(53)54/h6-7,10-13,17,45,48,55-56H,8-9,14-16,18-25H2,1-5H3,(H,53,54)(H2,44,47,49)/b28-26-,45-37?. The maximum atomic E-state index is 11.2. The van der Waals surface area contributed by atoms with E-state index in [9.17, 15) is 25.5 Å². The zero-order valence-corrected chi connectivity index (χ0v) is 34.9. The molecule has 7 N–H and O–H groups in total. The van der Waals surface area contributed by atoms with Crippen LogP contribution in [0.2, 0.25) is 0 Å². The Morgan fingerprint density at radius 2 is 1.84 bits per heavy atom. The molecule has 3 aromatic rings. The van der Waals surface area contributed by atoms with Gasteiger partial charge in [-0.05, 0) is 118 Å². The SMILES string of the molecule is CC(=C1\CCCN(C2=CC=C(c3cnn(CC45CC6(C)CC(C)(C4)CC(OCCN(C)CC(=O)O)(C6)C5)c3C)C(=C(O)O)N2)C1=N)/C(N)=N\c1nc2ccccc2s1. The number of hydrogen-bond acceptors (Lipinski definition) is 11. The molecular formula is C43H55N9O5S.